The van der Waals surface area contributed by atoms with Crippen LogP contribution in [-0.4, -0.2) is 60.1 Å². The second-order valence-electron chi connectivity index (χ2n) is 8.94. The fourth-order valence-electron chi connectivity index (χ4n) is 4.27. The molecule has 0 spiro atoms. The molecule has 2 amide bonds. The summed E-state index contributed by atoms with van der Waals surface area (Å²) in [5, 5.41) is 13.1. The number of likely N-dealkylation sites (N-methyl/N-ethyl adjacent to an activating group) is 1. The molecule has 8 nitrogen and oxygen atoms in total. The van der Waals surface area contributed by atoms with E-state index in [1.54, 1.807) is 6.07 Å². The molecule has 1 saturated heterocycles. The van der Waals surface area contributed by atoms with Crippen LogP contribution < -0.4 is 15.5 Å². The van der Waals surface area contributed by atoms with E-state index in [2.05, 4.69) is 37.7 Å². The number of hydrogen-bond donors (Lipinski definition) is 3. The topological polar surface area (TPSA) is 93.4 Å². The minimum Gasteiger partial charge on any atom is -0.369 e. The molecule has 1 aliphatic heterocycles. The number of piperazine rings is 1. The van der Waals surface area contributed by atoms with Gasteiger partial charge in [-0.25, -0.2) is 0 Å². The number of nitrogens with one attached hydrogen (secondary N) is 3. The van der Waals surface area contributed by atoms with E-state index in [1.165, 1.54) is 11.3 Å². The number of amides is 2. The molecule has 1 aliphatic rings. The Hall–Kier alpha value is -3.69. The molecule has 0 bridgehead atoms. The van der Waals surface area contributed by atoms with E-state index in [-0.39, 0.29) is 11.8 Å². The standard InChI is InChI=1S/C26H28N6O2S/c1-16-5-4-6-17(2)22(16)27-26(34)21-15-20-23(35-21)24(30-29-20)28-25(33)18-7-9-19(10-8-18)32-13-11-31(3)12-14-32/h4-10,15H,11-14H2,1-3H3,(H,27,34)(H2,28,29,30,33). The summed E-state index contributed by atoms with van der Waals surface area (Å²) in [6.07, 6.45) is 0. The molecule has 2 aromatic heterocycles. The summed E-state index contributed by atoms with van der Waals surface area (Å²) in [5.74, 6) is -0.00342. The molecule has 5 rings (SSSR count). The molecule has 35 heavy (non-hydrogen) atoms. The van der Waals surface area contributed by atoms with Crippen LogP contribution in [0.2, 0.25) is 0 Å². The van der Waals surface area contributed by atoms with Gasteiger partial charge in [-0.2, -0.15) is 5.10 Å². The largest absolute Gasteiger partial charge is 0.369 e. The van der Waals surface area contributed by atoms with Crippen LogP contribution in [0.4, 0.5) is 17.2 Å². The first-order valence-electron chi connectivity index (χ1n) is 11.6. The summed E-state index contributed by atoms with van der Waals surface area (Å²) in [6.45, 7) is 7.95. The molecule has 4 aromatic rings. The van der Waals surface area contributed by atoms with Crippen molar-refractivity contribution < 1.29 is 9.59 Å². The summed E-state index contributed by atoms with van der Waals surface area (Å²) in [4.78, 5) is 31.0. The molecule has 0 aliphatic carbocycles. The number of H-pyrrole nitrogens is 1. The summed E-state index contributed by atoms with van der Waals surface area (Å²) >= 11 is 1.30. The lowest BCUT2D eigenvalue weighted by atomic mass is 10.1. The second kappa shape index (κ2) is 9.52. The third kappa shape index (κ3) is 4.78. The molecule has 180 valence electrons. The highest BCUT2D eigenvalue weighted by Gasteiger charge is 2.19. The van der Waals surface area contributed by atoms with Gasteiger partial charge in [0, 0.05) is 43.1 Å². The van der Waals surface area contributed by atoms with Crippen molar-refractivity contribution in [2.75, 3.05) is 48.8 Å². The second-order valence-corrected chi connectivity index (χ2v) is 9.99. The number of benzene rings is 2. The maximum absolute atomic E-state index is 12.9. The summed E-state index contributed by atoms with van der Waals surface area (Å²) in [7, 11) is 2.13. The lowest BCUT2D eigenvalue weighted by Crippen LogP contribution is -2.44. The summed E-state index contributed by atoms with van der Waals surface area (Å²) < 4.78 is 0.735. The Morgan fingerprint density at radius 1 is 0.943 bits per heavy atom. The fourth-order valence-corrected chi connectivity index (χ4v) is 5.22. The highest BCUT2D eigenvalue weighted by molar-refractivity contribution is 7.21. The first-order valence-corrected chi connectivity index (χ1v) is 12.4. The maximum atomic E-state index is 12.9. The number of aromatic amines is 1. The van der Waals surface area contributed by atoms with Gasteiger partial charge in [0.1, 0.15) is 0 Å². The molecule has 2 aromatic carbocycles. The molecule has 3 N–H and O–H groups in total. The van der Waals surface area contributed by atoms with Crippen molar-refractivity contribution >= 4 is 50.6 Å². The van der Waals surface area contributed by atoms with Crippen molar-refractivity contribution in [2.24, 2.45) is 0 Å². The number of anilines is 3. The average Bonchev–Trinajstić information content (AvgIpc) is 3.44. The van der Waals surface area contributed by atoms with Crippen LogP contribution in [0, 0.1) is 13.8 Å². The number of carbonyl (C=O) groups excluding carboxylic acids is 2. The van der Waals surface area contributed by atoms with Crippen LogP contribution in [-0.2, 0) is 0 Å². The van der Waals surface area contributed by atoms with Gasteiger partial charge in [0.2, 0.25) is 0 Å². The van der Waals surface area contributed by atoms with Gasteiger partial charge >= 0.3 is 0 Å². The number of fused-ring (bicyclic) bond motifs is 1. The van der Waals surface area contributed by atoms with Crippen molar-refractivity contribution in [2.45, 2.75) is 13.8 Å². The van der Waals surface area contributed by atoms with Crippen LogP contribution in [0.15, 0.2) is 48.5 Å². The van der Waals surface area contributed by atoms with Crippen molar-refractivity contribution in [1.29, 1.82) is 0 Å². The van der Waals surface area contributed by atoms with E-state index in [4.69, 9.17) is 0 Å². The fraction of sp³-hybridized carbons (Fsp3) is 0.269. The summed E-state index contributed by atoms with van der Waals surface area (Å²) in [6, 6.07) is 15.3. The zero-order valence-corrected chi connectivity index (χ0v) is 20.8. The van der Waals surface area contributed by atoms with Crippen LogP contribution >= 0.6 is 11.3 Å². The van der Waals surface area contributed by atoms with Crippen LogP contribution in [0.25, 0.3) is 10.2 Å². The molecule has 3 heterocycles. The quantitative estimate of drug-likeness (QED) is 0.385. The van der Waals surface area contributed by atoms with E-state index in [9.17, 15) is 9.59 Å². The van der Waals surface area contributed by atoms with Crippen LogP contribution in [0.5, 0.6) is 0 Å². The number of aromatic nitrogens is 2. The van der Waals surface area contributed by atoms with Crippen LogP contribution in [0.1, 0.15) is 31.2 Å². The van der Waals surface area contributed by atoms with E-state index in [0.717, 1.165) is 53.4 Å². The van der Waals surface area contributed by atoms with E-state index < -0.39 is 0 Å². The van der Waals surface area contributed by atoms with Gasteiger partial charge in [-0.3, -0.25) is 14.7 Å². The number of rotatable bonds is 5. The molecule has 0 unspecified atom stereocenters. The van der Waals surface area contributed by atoms with Gasteiger partial charge in [0.05, 0.1) is 15.1 Å². The van der Waals surface area contributed by atoms with Gasteiger partial charge in [-0.05, 0) is 62.4 Å². The predicted octanol–water partition coefficient (Wildman–Crippen LogP) is 4.50. The highest BCUT2D eigenvalue weighted by atomic mass is 32.1. The number of carbonyl (C=O) groups is 2. The number of aryl methyl sites for hydroxylation is 2. The van der Waals surface area contributed by atoms with Crippen molar-refractivity contribution in [3.8, 4) is 0 Å². The first-order chi connectivity index (χ1) is 16.9. The lowest BCUT2D eigenvalue weighted by Gasteiger charge is -2.34. The maximum Gasteiger partial charge on any atom is 0.265 e. The first kappa shape index (κ1) is 23.1. The number of para-hydroxylation sites is 1. The Balaban J connectivity index is 1.28. The molecule has 0 atom stereocenters. The van der Waals surface area contributed by atoms with Crippen LogP contribution in [0.3, 0.4) is 0 Å². The minimum absolute atomic E-state index is 0.186. The SMILES string of the molecule is Cc1cccc(C)c1NC(=O)c1cc2[nH]nc(NC(=O)c3ccc(N4CCN(C)CC4)cc3)c2s1. The van der Waals surface area contributed by atoms with E-state index >= 15 is 0 Å². The average molecular weight is 489 g/mol. The van der Waals surface area contributed by atoms with Crippen molar-refractivity contribution in [3.63, 3.8) is 0 Å². The number of thiophene rings is 1. The zero-order chi connectivity index (χ0) is 24.5. The van der Waals surface area contributed by atoms with Crippen molar-refractivity contribution in [3.05, 3.63) is 70.1 Å². The third-order valence-electron chi connectivity index (χ3n) is 6.41. The smallest absolute Gasteiger partial charge is 0.265 e. The number of hydrogen-bond acceptors (Lipinski definition) is 6. The monoisotopic (exact) mass is 488 g/mol. The van der Waals surface area contributed by atoms with Gasteiger partial charge in [0.25, 0.3) is 11.8 Å². The minimum atomic E-state index is -0.238. The van der Waals surface area contributed by atoms with Gasteiger partial charge in [0.15, 0.2) is 5.82 Å². The molecule has 0 radical (unpaired) electrons. The van der Waals surface area contributed by atoms with Gasteiger partial charge < -0.3 is 20.4 Å². The predicted molar refractivity (Wildman–Crippen MR) is 142 cm³/mol. The Kier molecular flexibility index (Phi) is 6.27. The third-order valence-corrected chi connectivity index (χ3v) is 7.55. The molecular formula is C26H28N6O2S. The van der Waals surface area contributed by atoms with E-state index in [0.29, 0.717) is 21.8 Å². The Labute approximate surface area is 207 Å². The zero-order valence-electron chi connectivity index (χ0n) is 20.0. The Morgan fingerprint density at radius 2 is 1.63 bits per heavy atom. The Bertz CT molecular complexity index is 1360. The summed E-state index contributed by atoms with van der Waals surface area (Å²) in [5.41, 5.74) is 5.23. The molecule has 9 heteroatoms. The molecular weight excluding hydrogens is 460 g/mol. The van der Waals surface area contributed by atoms with Gasteiger partial charge in [-0.15, -0.1) is 11.3 Å². The molecule has 0 saturated carbocycles. The normalized spacial score (nSPS) is 14.3. The van der Waals surface area contributed by atoms with Gasteiger partial charge in [-0.1, -0.05) is 18.2 Å². The highest BCUT2D eigenvalue weighted by Crippen LogP contribution is 2.31. The lowest BCUT2D eigenvalue weighted by molar-refractivity contribution is 0.102. The number of nitrogens with zero attached hydrogens (tertiary/aromatic N) is 3. The Morgan fingerprint density at radius 3 is 2.31 bits per heavy atom. The van der Waals surface area contributed by atoms with E-state index in [1.807, 2.05) is 56.3 Å². The van der Waals surface area contributed by atoms with Crippen molar-refractivity contribution in [1.82, 2.24) is 15.1 Å². The molecule has 1 fully saturated rings.